The number of hydrogen-bond donors (Lipinski definition) is 1. The Morgan fingerprint density at radius 1 is 1.30 bits per heavy atom. The van der Waals surface area contributed by atoms with Crippen molar-refractivity contribution in [3.05, 3.63) is 18.0 Å². The number of ether oxygens (including phenoxy) is 1. The minimum Gasteiger partial charge on any atom is -0.379 e. The van der Waals surface area contributed by atoms with Gasteiger partial charge in [0, 0.05) is 38.1 Å². The highest BCUT2D eigenvalue weighted by atomic mass is 32.2. The zero-order valence-corrected chi connectivity index (χ0v) is 12.9. The van der Waals surface area contributed by atoms with Gasteiger partial charge in [0.05, 0.1) is 13.2 Å². The van der Waals surface area contributed by atoms with Crippen LogP contribution in [0.4, 0.5) is 0 Å². The van der Waals surface area contributed by atoms with Gasteiger partial charge >= 0.3 is 0 Å². The van der Waals surface area contributed by atoms with Crippen LogP contribution in [0, 0.1) is 0 Å². The first-order valence-electron chi connectivity index (χ1n) is 7.07. The zero-order chi connectivity index (χ0) is 14.6. The van der Waals surface area contributed by atoms with Crippen molar-refractivity contribution < 1.29 is 13.2 Å². The first kappa shape index (κ1) is 15.5. The van der Waals surface area contributed by atoms with E-state index < -0.39 is 10.0 Å². The van der Waals surface area contributed by atoms with Crippen molar-refractivity contribution >= 4 is 10.0 Å². The van der Waals surface area contributed by atoms with E-state index in [1.165, 1.54) is 4.31 Å². The van der Waals surface area contributed by atoms with E-state index in [1.807, 2.05) is 18.4 Å². The summed E-state index contributed by atoms with van der Waals surface area (Å²) in [6.45, 7) is 8.16. The van der Waals surface area contributed by atoms with Crippen LogP contribution in [0.15, 0.2) is 17.2 Å². The Morgan fingerprint density at radius 3 is 2.60 bits per heavy atom. The first-order chi connectivity index (χ1) is 9.59. The molecule has 7 heteroatoms. The number of rotatable bonds is 6. The summed E-state index contributed by atoms with van der Waals surface area (Å²) < 4.78 is 33.9. The van der Waals surface area contributed by atoms with E-state index in [2.05, 4.69) is 5.32 Å². The molecule has 1 aromatic rings. The summed E-state index contributed by atoms with van der Waals surface area (Å²) in [5.41, 5.74) is 1.00. The van der Waals surface area contributed by atoms with Crippen molar-refractivity contribution in [3.8, 4) is 0 Å². The second-order valence-electron chi connectivity index (χ2n) is 4.75. The maximum Gasteiger partial charge on any atom is 0.244 e. The summed E-state index contributed by atoms with van der Waals surface area (Å²) in [7, 11) is -3.39. The van der Waals surface area contributed by atoms with Crippen LogP contribution in [0.1, 0.15) is 19.5 Å². The van der Waals surface area contributed by atoms with E-state index in [1.54, 1.807) is 12.3 Å². The fraction of sp³-hybridized carbons (Fsp3) is 0.692. The maximum absolute atomic E-state index is 12.6. The topological polar surface area (TPSA) is 63.6 Å². The van der Waals surface area contributed by atoms with Crippen LogP contribution in [0.3, 0.4) is 0 Å². The van der Waals surface area contributed by atoms with Gasteiger partial charge in [-0.15, -0.1) is 0 Å². The highest BCUT2D eigenvalue weighted by molar-refractivity contribution is 7.89. The quantitative estimate of drug-likeness (QED) is 0.837. The maximum atomic E-state index is 12.6. The Bertz CT molecular complexity index is 533. The van der Waals surface area contributed by atoms with Crippen molar-refractivity contribution in [3.63, 3.8) is 0 Å². The molecule has 114 valence electrons. The molecule has 1 saturated heterocycles. The normalized spacial score (nSPS) is 17.5. The molecule has 0 spiro atoms. The molecule has 0 aromatic carbocycles. The van der Waals surface area contributed by atoms with Gasteiger partial charge in [0.2, 0.25) is 10.0 Å². The predicted octanol–water partition coefficient (Wildman–Crippen LogP) is 0.638. The first-order valence-corrected chi connectivity index (χ1v) is 8.51. The van der Waals surface area contributed by atoms with Gasteiger partial charge in [-0.1, -0.05) is 6.92 Å². The predicted molar refractivity (Wildman–Crippen MR) is 77.1 cm³/mol. The van der Waals surface area contributed by atoms with Crippen molar-refractivity contribution in [2.75, 3.05) is 32.8 Å². The number of hydrogen-bond acceptors (Lipinski definition) is 4. The Labute approximate surface area is 120 Å². The van der Waals surface area contributed by atoms with Gasteiger partial charge < -0.3 is 14.6 Å². The molecule has 1 fully saturated rings. The molecule has 0 aliphatic carbocycles. The van der Waals surface area contributed by atoms with Gasteiger partial charge in [-0.2, -0.15) is 4.31 Å². The van der Waals surface area contributed by atoms with Crippen LogP contribution in [0.5, 0.6) is 0 Å². The second kappa shape index (κ2) is 6.71. The average molecular weight is 301 g/mol. The van der Waals surface area contributed by atoms with Gasteiger partial charge in [0.1, 0.15) is 4.90 Å². The Morgan fingerprint density at radius 2 is 2.00 bits per heavy atom. The van der Waals surface area contributed by atoms with Crippen molar-refractivity contribution in [2.45, 2.75) is 31.8 Å². The van der Waals surface area contributed by atoms with Gasteiger partial charge in [-0.25, -0.2) is 8.42 Å². The standard InChI is InChI=1S/C13H23N3O3S/c1-3-14-10-12-9-13(11-15(12)4-2)20(17,18)16-5-7-19-8-6-16/h9,11,14H,3-8,10H2,1-2H3. The van der Waals surface area contributed by atoms with Crippen molar-refractivity contribution in [1.29, 1.82) is 0 Å². The third-order valence-corrected chi connectivity index (χ3v) is 5.33. The zero-order valence-electron chi connectivity index (χ0n) is 12.1. The molecule has 20 heavy (non-hydrogen) atoms. The van der Waals surface area contributed by atoms with E-state index >= 15 is 0 Å². The minimum atomic E-state index is -3.39. The number of sulfonamides is 1. The third kappa shape index (κ3) is 3.22. The number of aromatic nitrogens is 1. The van der Waals surface area contributed by atoms with Gasteiger partial charge in [0.25, 0.3) is 0 Å². The SMILES string of the molecule is CCNCc1cc(S(=O)(=O)N2CCOCC2)cn1CC. The van der Waals surface area contributed by atoms with Gasteiger partial charge in [-0.3, -0.25) is 0 Å². The fourth-order valence-corrected chi connectivity index (χ4v) is 3.77. The van der Waals surface area contributed by atoms with Crippen LogP contribution in [-0.2, 0) is 27.8 Å². The smallest absolute Gasteiger partial charge is 0.244 e. The number of nitrogens with one attached hydrogen (secondary N) is 1. The van der Waals surface area contributed by atoms with E-state index in [4.69, 9.17) is 4.74 Å². The summed E-state index contributed by atoms with van der Waals surface area (Å²) in [5, 5.41) is 3.23. The second-order valence-corrected chi connectivity index (χ2v) is 6.69. The molecule has 1 aliphatic heterocycles. The summed E-state index contributed by atoms with van der Waals surface area (Å²) in [4.78, 5) is 0.383. The Kier molecular flexibility index (Phi) is 5.20. The lowest BCUT2D eigenvalue weighted by Gasteiger charge is -2.25. The van der Waals surface area contributed by atoms with Crippen LogP contribution >= 0.6 is 0 Å². The third-order valence-electron chi connectivity index (χ3n) is 3.47. The fourth-order valence-electron chi connectivity index (χ4n) is 2.30. The van der Waals surface area contributed by atoms with Crippen LogP contribution < -0.4 is 5.32 Å². The lowest BCUT2D eigenvalue weighted by atomic mass is 10.4. The van der Waals surface area contributed by atoms with Gasteiger partial charge in [0.15, 0.2) is 0 Å². The van der Waals surface area contributed by atoms with Crippen LogP contribution in [-0.4, -0.2) is 50.1 Å². The molecular formula is C13H23N3O3S. The Hall–Kier alpha value is -0.890. The lowest BCUT2D eigenvalue weighted by Crippen LogP contribution is -2.40. The van der Waals surface area contributed by atoms with Crippen LogP contribution in [0.25, 0.3) is 0 Å². The molecule has 0 amide bonds. The van der Waals surface area contributed by atoms with E-state index in [0.717, 1.165) is 18.8 Å². The molecule has 0 atom stereocenters. The van der Waals surface area contributed by atoms with Crippen LogP contribution in [0.2, 0.25) is 0 Å². The summed E-state index contributed by atoms with van der Waals surface area (Å²) in [6, 6.07) is 1.77. The molecular weight excluding hydrogens is 278 g/mol. The summed E-state index contributed by atoms with van der Waals surface area (Å²) in [6.07, 6.45) is 1.73. The molecule has 0 radical (unpaired) electrons. The lowest BCUT2D eigenvalue weighted by molar-refractivity contribution is 0.0730. The number of nitrogens with zero attached hydrogens (tertiary/aromatic N) is 2. The molecule has 1 aromatic heterocycles. The summed E-state index contributed by atoms with van der Waals surface area (Å²) in [5.74, 6) is 0. The highest BCUT2D eigenvalue weighted by Crippen LogP contribution is 2.20. The molecule has 0 bridgehead atoms. The monoisotopic (exact) mass is 301 g/mol. The largest absolute Gasteiger partial charge is 0.379 e. The molecule has 2 rings (SSSR count). The Balaban J connectivity index is 2.24. The average Bonchev–Trinajstić information content (AvgIpc) is 2.90. The minimum absolute atomic E-state index is 0.383. The van der Waals surface area contributed by atoms with E-state index in [-0.39, 0.29) is 0 Å². The van der Waals surface area contributed by atoms with Gasteiger partial charge in [-0.05, 0) is 19.5 Å². The van der Waals surface area contributed by atoms with E-state index in [9.17, 15) is 8.42 Å². The molecule has 2 heterocycles. The van der Waals surface area contributed by atoms with Crippen molar-refractivity contribution in [1.82, 2.24) is 14.2 Å². The number of morpholine rings is 1. The van der Waals surface area contributed by atoms with E-state index in [0.29, 0.717) is 37.7 Å². The number of aryl methyl sites for hydroxylation is 1. The molecule has 6 nitrogen and oxygen atoms in total. The molecule has 1 aliphatic rings. The summed E-state index contributed by atoms with van der Waals surface area (Å²) >= 11 is 0. The molecule has 0 unspecified atom stereocenters. The van der Waals surface area contributed by atoms with Crippen molar-refractivity contribution in [2.24, 2.45) is 0 Å². The molecule has 0 saturated carbocycles. The molecule has 1 N–H and O–H groups in total. The highest BCUT2D eigenvalue weighted by Gasteiger charge is 2.27.